The van der Waals surface area contributed by atoms with Crippen LogP contribution in [0.1, 0.15) is 10.5 Å². The highest BCUT2D eigenvalue weighted by molar-refractivity contribution is 5.89. The smallest absolute Gasteiger partial charge is 0.360 e. The van der Waals surface area contributed by atoms with Gasteiger partial charge >= 0.3 is 5.97 Å². The molecule has 0 N–H and O–H groups in total. The maximum Gasteiger partial charge on any atom is 0.360 e. The molecule has 0 atom stereocenters. The molecule has 0 bridgehead atoms. The van der Waals surface area contributed by atoms with Crippen LogP contribution in [0.15, 0.2) is 42.6 Å². The van der Waals surface area contributed by atoms with Gasteiger partial charge in [-0.1, -0.05) is 12.1 Å². The molecule has 4 heteroatoms. The second kappa shape index (κ2) is 4.18. The molecule has 0 radical (unpaired) electrons. The van der Waals surface area contributed by atoms with E-state index in [2.05, 4.69) is 0 Å². The molecule has 0 unspecified atom stereocenters. The van der Waals surface area contributed by atoms with Crippen LogP contribution < -0.4 is 4.74 Å². The van der Waals surface area contributed by atoms with Crippen molar-refractivity contribution < 1.29 is 13.9 Å². The zero-order valence-corrected chi connectivity index (χ0v) is 8.68. The van der Waals surface area contributed by atoms with Crippen molar-refractivity contribution in [3.8, 4) is 5.75 Å². The van der Waals surface area contributed by atoms with Gasteiger partial charge in [-0.05, 0) is 24.3 Å². The Balaban J connectivity index is 2.21. The number of carbonyl (C=O) groups excluding carboxylic acids is 1. The number of ether oxygens (including phenoxy) is 1. The summed E-state index contributed by atoms with van der Waals surface area (Å²) in [5, 5.41) is 0. The van der Waals surface area contributed by atoms with Gasteiger partial charge in [0, 0.05) is 13.2 Å². The van der Waals surface area contributed by atoms with Crippen molar-refractivity contribution in [2.24, 2.45) is 7.05 Å². The van der Waals surface area contributed by atoms with Gasteiger partial charge in [0.25, 0.3) is 0 Å². The lowest BCUT2D eigenvalue weighted by Gasteiger charge is -2.05. The molecular formula is C12H10FNO2. The Hall–Kier alpha value is -2.10. The highest BCUT2D eigenvalue weighted by Gasteiger charge is 2.13. The molecule has 0 saturated carbocycles. The summed E-state index contributed by atoms with van der Waals surface area (Å²) < 4.78 is 19.8. The molecule has 2 rings (SSSR count). The van der Waals surface area contributed by atoms with Crippen molar-refractivity contribution >= 4 is 5.97 Å². The average molecular weight is 219 g/mol. The van der Waals surface area contributed by atoms with Gasteiger partial charge in [0.1, 0.15) is 5.69 Å². The maximum absolute atomic E-state index is 13.2. The highest BCUT2D eigenvalue weighted by Crippen LogP contribution is 2.17. The summed E-state index contributed by atoms with van der Waals surface area (Å²) in [4.78, 5) is 11.6. The topological polar surface area (TPSA) is 31.2 Å². The Morgan fingerprint density at radius 1 is 1.25 bits per heavy atom. The summed E-state index contributed by atoms with van der Waals surface area (Å²) in [6.07, 6.45) is 1.72. The molecule has 1 heterocycles. The number of rotatable bonds is 2. The van der Waals surface area contributed by atoms with Crippen LogP contribution >= 0.6 is 0 Å². The van der Waals surface area contributed by atoms with Crippen molar-refractivity contribution in [1.82, 2.24) is 4.57 Å². The molecule has 0 aliphatic heterocycles. The van der Waals surface area contributed by atoms with Crippen molar-refractivity contribution in [3.63, 3.8) is 0 Å². The number of carbonyl (C=O) groups is 1. The summed E-state index contributed by atoms with van der Waals surface area (Å²) in [6.45, 7) is 0. The number of hydrogen-bond acceptors (Lipinski definition) is 2. The van der Waals surface area contributed by atoms with Crippen LogP contribution in [0, 0.1) is 5.82 Å². The first-order valence-electron chi connectivity index (χ1n) is 4.76. The number of benzene rings is 1. The predicted molar refractivity (Wildman–Crippen MR) is 56.8 cm³/mol. The first-order valence-corrected chi connectivity index (χ1v) is 4.76. The van der Waals surface area contributed by atoms with E-state index in [4.69, 9.17) is 4.74 Å². The van der Waals surface area contributed by atoms with E-state index in [1.165, 1.54) is 18.2 Å². The molecule has 0 aliphatic rings. The number of aromatic nitrogens is 1. The Kier molecular flexibility index (Phi) is 2.72. The number of para-hydroxylation sites is 1. The molecular weight excluding hydrogens is 209 g/mol. The second-order valence-corrected chi connectivity index (χ2v) is 3.32. The van der Waals surface area contributed by atoms with Crippen LogP contribution in [-0.2, 0) is 7.05 Å². The molecule has 1 aromatic heterocycles. The van der Waals surface area contributed by atoms with E-state index in [9.17, 15) is 9.18 Å². The fourth-order valence-corrected chi connectivity index (χ4v) is 1.35. The normalized spacial score (nSPS) is 10.1. The Bertz CT molecular complexity index is 519. The van der Waals surface area contributed by atoms with Crippen LogP contribution in [-0.4, -0.2) is 10.5 Å². The first kappa shape index (κ1) is 10.4. The fraction of sp³-hybridized carbons (Fsp3) is 0.0833. The zero-order valence-electron chi connectivity index (χ0n) is 8.68. The third-order valence-corrected chi connectivity index (χ3v) is 2.19. The van der Waals surface area contributed by atoms with E-state index in [-0.39, 0.29) is 5.75 Å². The number of esters is 1. The Morgan fingerprint density at radius 2 is 2.00 bits per heavy atom. The van der Waals surface area contributed by atoms with Gasteiger partial charge in [0.05, 0.1) is 0 Å². The zero-order chi connectivity index (χ0) is 11.5. The van der Waals surface area contributed by atoms with Crippen LogP contribution in [0.3, 0.4) is 0 Å². The second-order valence-electron chi connectivity index (χ2n) is 3.32. The van der Waals surface area contributed by atoms with E-state index >= 15 is 0 Å². The molecule has 16 heavy (non-hydrogen) atoms. The lowest BCUT2D eigenvalue weighted by Crippen LogP contribution is -2.13. The van der Waals surface area contributed by atoms with Crippen molar-refractivity contribution in [3.05, 3.63) is 54.1 Å². The van der Waals surface area contributed by atoms with Gasteiger partial charge in [-0.25, -0.2) is 9.18 Å². The number of nitrogens with zero attached hydrogens (tertiary/aromatic N) is 1. The molecule has 0 fully saturated rings. The molecule has 0 saturated heterocycles. The number of aryl methyl sites for hydroxylation is 1. The summed E-state index contributed by atoms with van der Waals surface area (Å²) >= 11 is 0. The van der Waals surface area contributed by atoms with E-state index < -0.39 is 11.8 Å². The standard InChI is InChI=1S/C12H10FNO2/c1-14-8-4-6-10(14)12(15)16-11-7-3-2-5-9(11)13/h2-8H,1H3. The molecule has 3 nitrogen and oxygen atoms in total. The molecule has 1 aromatic carbocycles. The molecule has 0 amide bonds. The monoisotopic (exact) mass is 219 g/mol. The van der Waals surface area contributed by atoms with E-state index in [0.717, 1.165) is 0 Å². The highest BCUT2D eigenvalue weighted by atomic mass is 19.1. The minimum Gasteiger partial charge on any atom is -0.419 e. The minimum atomic E-state index is -0.572. The maximum atomic E-state index is 13.2. The largest absolute Gasteiger partial charge is 0.419 e. The van der Waals surface area contributed by atoms with Gasteiger partial charge < -0.3 is 9.30 Å². The van der Waals surface area contributed by atoms with Crippen LogP contribution in [0.25, 0.3) is 0 Å². The lowest BCUT2D eigenvalue weighted by atomic mass is 10.3. The predicted octanol–water partition coefficient (Wildman–Crippen LogP) is 2.38. The van der Waals surface area contributed by atoms with Crippen molar-refractivity contribution in [2.75, 3.05) is 0 Å². The van der Waals surface area contributed by atoms with E-state index in [1.54, 1.807) is 36.0 Å². The number of hydrogen-bond donors (Lipinski definition) is 0. The average Bonchev–Trinajstić information content (AvgIpc) is 2.68. The lowest BCUT2D eigenvalue weighted by molar-refractivity contribution is 0.0718. The summed E-state index contributed by atoms with van der Waals surface area (Å²) in [5.41, 5.74) is 0.378. The van der Waals surface area contributed by atoms with Crippen LogP contribution in [0.4, 0.5) is 4.39 Å². The molecule has 0 spiro atoms. The fourth-order valence-electron chi connectivity index (χ4n) is 1.35. The van der Waals surface area contributed by atoms with Gasteiger partial charge in [0.15, 0.2) is 11.6 Å². The van der Waals surface area contributed by atoms with Crippen molar-refractivity contribution in [2.45, 2.75) is 0 Å². The number of halogens is 1. The summed E-state index contributed by atoms with van der Waals surface area (Å²) in [5.74, 6) is -1.18. The Labute approximate surface area is 92.1 Å². The van der Waals surface area contributed by atoms with Gasteiger partial charge in [-0.15, -0.1) is 0 Å². The first-order chi connectivity index (χ1) is 7.68. The SMILES string of the molecule is Cn1cccc1C(=O)Oc1ccccc1F. The third kappa shape index (κ3) is 1.95. The Morgan fingerprint density at radius 3 is 2.62 bits per heavy atom. The van der Waals surface area contributed by atoms with Gasteiger partial charge in [0.2, 0.25) is 0 Å². The minimum absolute atomic E-state index is 0.0614. The third-order valence-electron chi connectivity index (χ3n) is 2.19. The van der Waals surface area contributed by atoms with E-state index in [0.29, 0.717) is 5.69 Å². The summed E-state index contributed by atoms with van der Waals surface area (Å²) in [7, 11) is 1.72. The van der Waals surface area contributed by atoms with Crippen LogP contribution in [0.5, 0.6) is 5.75 Å². The van der Waals surface area contributed by atoms with E-state index in [1.807, 2.05) is 0 Å². The quantitative estimate of drug-likeness (QED) is 0.573. The van der Waals surface area contributed by atoms with Crippen molar-refractivity contribution in [1.29, 1.82) is 0 Å². The molecule has 2 aromatic rings. The molecule has 82 valence electrons. The molecule has 0 aliphatic carbocycles. The van der Waals surface area contributed by atoms with Crippen LogP contribution in [0.2, 0.25) is 0 Å². The summed E-state index contributed by atoms with van der Waals surface area (Å²) in [6, 6.07) is 9.14. The van der Waals surface area contributed by atoms with Gasteiger partial charge in [-0.2, -0.15) is 0 Å². The van der Waals surface area contributed by atoms with Gasteiger partial charge in [-0.3, -0.25) is 0 Å².